The van der Waals surface area contributed by atoms with Gasteiger partial charge in [0.25, 0.3) is 11.8 Å². The molecular formula is C15H6Cl5NO2. The number of anilines is 1. The van der Waals surface area contributed by atoms with Crippen LogP contribution in [0.5, 0.6) is 0 Å². The number of amides is 2. The molecule has 23 heavy (non-hydrogen) atoms. The van der Waals surface area contributed by atoms with Gasteiger partial charge in [-0.3, -0.25) is 9.59 Å². The van der Waals surface area contributed by atoms with E-state index in [1.807, 2.05) is 6.92 Å². The highest BCUT2D eigenvalue weighted by Crippen LogP contribution is 2.45. The van der Waals surface area contributed by atoms with Crippen molar-refractivity contribution in [2.45, 2.75) is 6.92 Å². The van der Waals surface area contributed by atoms with Crippen molar-refractivity contribution in [3.63, 3.8) is 0 Å². The Bertz CT molecular complexity index is 847. The maximum atomic E-state index is 12.7. The first kappa shape index (κ1) is 16.9. The van der Waals surface area contributed by atoms with Crippen LogP contribution in [0.25, 0.3) is 0 Å². The summed E-state index contributed by atoms with van der Waals surface area (Å²) in [7, 11) is 0. The van der Waals surface area contributed by atoms with Gasteiger partial charge in [-0.25, -0.2) is 4.90 Å². The second-order valence-corrected chi connectivity index (χ2v) is 6.80. The molecule has 0 bridgehead atoms. The minimum absolute atomic E-state index is 0.0623. The summed E-state index contributed by atoms with van der Waals surface area (Å²) in [6, 6.07) is 4.82. The molecule has 3 rings (SSSR count). The molecule has 0 unspecified atom stereocenters. The van der Waals surface area contributed by atoms with Crippen LogP contribution < -0.4 is 4.90 Å². The Hall–Kier alpha value is -0.970. The zero-order valence-electron chi connectivity index (χ0n) is 11.4. The second-order valence-electron chi connectivity index (χ2n) is 4.89. The minimum atomic E-state index is -0.629. The summed E-state index contributed by atoms with van der Waals surface area (Å²) in [4.78, 5) is 26.3. The van der Waals surface area contributed by atoms with E-state index in [1.54, 1.807) is 12.1 Å². The van der Waals surface area contributed by atoms with Crippen molar-refractivity contribution in [3.05, 3.63) is 60.0 Å². The van der Waals surface area contributed by atoms with Crippen molar-refractivity contribution in [1.29, 1.82) is 0 Å². The van der Waals surface area contributed by atoms with Crippen LogP contribution in [-0.2, 0) is 0 Å². The summed E-state index contributed by atoms with van der Waals surface area (Å²) in [5.74, 6) is -1.26. The summed E-state index contributed by atoms with van der Waals surface area (Å²) in [6.07, 6.45) is 0. The van der Waals surface area contributed by atoms with E-state index in [2.05, 4.69) is 0 Å². The molecule has 2 aromatic carbocycles. The monoisotopic (exact) mass is 407 g/mol. The number of halogens is 5. The highest BCUT2D eigenvalue weighted by molar-refractivity contribution is 6.56. The van der Waals surface area contributed by atoms with Crippen LogP contribution in [0.4, 0.5) is 5.69 Å². The zero-order chi connectivity index (χ0) is 17.0. The fourth-order valence-electron chi connectivity index (χ4n) is 2.30. The average molecular weight is 409 g/mol. The summed E-state index contributed by atoms with van der Waals surface area (Å²) in [6.45, 7) is 1.81. The Morgan fingerprint density at radius 3 is 1.70 bits per heavy atom. The van der Waals surface area contributed by atoms with Gasteiger partial charge in [0, 0.05) is 5.02 Å². The van der Waals surface area contributed by atoms with Crippen molar-refractivity contribution < 1.29 is 9.59 Å². The van der Waals surface area contributed by atoms with Gasteiger partial charge in [-0.1, -0.05) is 64.1 Å². The molecule has 0 saturated heterocycles. The third-order valence-corrected chi connectivity index (χ3v) is 5.72. The lowest BCUT2D eigenvalue weighted by atomic mass is 10.1. The lowest BCUT2D eigenvalue weighted by Gasteiger charge is -2.14. The molecule has 1 heterocycles. The van der Waals surface area contributed by atoms with Gasteiger partial charge in [-0.15, -0.1) is 0 Å². The molecule has 2 amide bonds. The van der Waals surface area contributed by atoms with Gasteiger partial charge in [0.1, 0.15) is 0 Å². The van der Waals surface area contributed by atoms with E-state index >= 15 is 0 Å². The van der Waals surface area contributed by atoms with Gasteiger partial charge < -0.3 is 0 Å². The fourth-order valence-corrected chi connectivity index (χ4v) is 3.49. The number of fused-ring (bicyclic) bond motifs is 1. The molecule has 8 heteroatoms. The number of hydrogen-bond acceptors (Lipinski definition) is 2. The van der Waals surface area contributed by atoms with E-state index in [1.165, 1.54) is 6.07 Å². The van der Waals surface area contributed by atoms with E-state index in [0.29, 0.717) is 10.7 Å². The van der Waals surface area contributed by atoms with Crippen molar-refractivity contribution in [2.75, 3.05) is 4.90 Å². The van der Waals surface area contributed by atoms with Crippen LogP contribution in [0.2, 0.25) is 25.1 Å². The maximum absolute atomic E-state index is 12.7. The van der Waals surface area contributed by atoms with Gasteiger partial charge in [0.05, 0.1) is 36.9 Å². The summed E-state index contributed by atoms with van der Waals surface area (Å²) in [5.41, 5.74) is 1.00. The number of rotatable bonds is 1. The number of hydrogen-bond donors (Lipinski definition) is 0. The number of nitrogens with zero attached hydrogens (tertiary/aromatic N) is 1. The molecule has 0 saturated carbocycles. The number of benzene rings is 2. The Morgan fingerprint density at radius 1 is 0.783 bits per heavy atom. The van der Waals surface area contributed by atoms with Crippen molar-refractivity contribution in [1.82, 2.24) is 0 Å². The highest BCUT2D eigenvalue weighted by atomic mass is 35.5. The van der Waals surface area contributed by atoms with Gasteiger partial charge in [-0.05, 0) is 24.6 Å². The molecule has 0 spiro atoms. The van der Waals surface area contributed by atoms with Gasteiger partial charge in [0.2, 0.25) is 0 Å². The van der Waals surface area contributed by atoms with Crippen LogP contribution >= 0.6 is 58.0 Å². The van der Waals surface area contributed by atoms with Crippen LogP contribution in [0.3, 0.4) is 0 Å². The zero-order valence-corrected chi connectivity index (χ0v) is 15.2. The molecule has 0 aromatic heterocycles. The molecular weight excluding hydrogens is 403 g/mol. The Kier molecular flexibility index (Phi) is 4.28. The molecule has 3 nitrogen and oxygen atoms in total. The topological polar surface area (TPSA) is 37.4 Å². The van der Waals surface area contributed by atoms with Crippen LogP contribution in [0, 0.1) is 6.92 Å². The summed E-state index contributed by atoms with van der Waals surface area (Å²) in [5, 5.41) is 0.0848. The predicted molar refractivity (Wildman–Crippen MR) is 93.8 cm³/mol. The number of carbonyl (C=O) groups excluding carboxylic acids is 2. The molecule has 1 aliphatic heterocycles. The molecule has 0 fully saturated rings. The lowest BCUT2D eigenvalue weighted by Crippen LogP contribution is -2.29. The highest BCUT2D eigenvalue weighted by Gasteiger charge is 2.42. The molecule has 0 N–H and O–H groups in total. The van der Waals surface area contributed by atoms with Gasteiger partial charge >= 0.3 is 0 Å². The van der Waals surface area contributed by atoms with Crippen molar-refractivity contribution in [3.8, 4) is 0 Å². The van der Waals surface area contributed by atoms with E-state index < -0.39 is 11.8 Å². The second kappa shape index (κ2) is 5.83. The van der Waals surface area contributed by atoms with Crippen LogP contribution in [0.15, 0.2) is 18.2 Å². The molecule has 0 atom stereocenters. The first-order valence-electron chi connectivity index (χ1n) is 6.26. The lowest BCUT2D eigenvalue weighted by molar-refractivity contribution is 0.0926. The van der Waals surface area contributed by atoms with Crippen LogP contribution in [0.1, 0.15) is 26.3 Å². The Labute approximate surface area is 156 Å². The fraction of sp³-hybridized carbons (Fsp3) is 0.0667. The molecule has 2 aromatic rings. The molecule has 0 radical (unpaired) electrons. The van der Waals surface area contributed by atoms with Gasteiger partial charge in [-0.2, -0.15) is 0 Å². The minimum Gasteiger partial charge on any atom is -0.268 e. The largest absolute Gasteiger partial charge is 0.268 e. The molecule has 1 aliphatic rings. The Balaban J connectivity index is 2.24. The number of imide groups is 1. The first-order chi connectivity index (χ1) is 10.8. The third kappa shape index (κ3) is 2.43. The van der Waals surface area contributed by atoms with Gasteiger partial charge in [0.15, 0.2) is 0 Å². The summed E-state index contributed by atoms with van der Waals surface area (Å²) >= 11 is 30.2. The van der Waals surface area contributed by atoms with E-state index in [9.17, 15) is 9.59 Å². The standard InChI is InChI=1S/C15H6Cl5NO2/c1-5-2-3-6(4-7(5)16)21-14(22)8-9(15(21)23)11(18)13(20)12(19)10(8)17/h2-4H,1H3. The molecule has 118 valence electrons. The third-order valence-electron chi connectivity index (χ3n) is 3.51. The molecule has 0 aliphatic carbocycles. The average Bonchev–Trinajstić information content (AvgIpc) is 2.77. The summed E-state index contributed by atoms with van der Waals surface area (Å²) < 4.78 is 0. The van der Waals surface area contributed by atoms with E-state index in [-0.39, 0.29) is 31.2 Å². The number of aryl methyl sites for hydroxylation is 1. The van der Waals surface area contributed by atoms with Crippen LogP contribution in [-0.4, -0.2) is 11.8 Å². The van der Waals surface area contributed by atoms with E-state index in [4.69, 9.17) is 58.0 Å². The SMILES string of the molecule is Cc1ccc(N2C(=O)c3c(Cl)c(Cl)c(Cl)c(Cl)c3C2=O)cc1Cl. The van der Waals surface area contributed by atoms with Crippen molar-refractivity contribution in [2.24, 2.45) is 0 Å². The Morgan fingerprint density at radius 2 is 1.26 bits per heavy atom. The normalized spacial score (nSPS) is 13.7. The van der Waals surface area contributed by atoms with E-state index in [0.717, 1.165) is 10.5 Å². The van der Waals surface area contributed by atoms with Crippen molar-refractivity contribution >= 4 is 75.5 Å². The first-order valence-corrected chi connectivity index (χ1v) is 8.15. The predicted octanol–water partition coefficient (Wildman–Crippen LogP) is 6.06. The smallest absolute Gasteiger partial charge is 0.267 e. The number of carbonyl (C=O) groups is 2. The maximum Gasteiger partial charge on any atom is 0.267 e. The quantitative estimate of drug-likeness (QED) is 0.326.